The molecule has 2 aliphatic rings. The zero-order chi connectivity index (χ0) is 18.7. The number of rotatable bonds is 6. The van der Waals surface area contributed by atoms with Crippen LogP contribution in [-0.2, 0) is 9.59 Å². The highest BCUT2D eigenvalue weighted by Gasteiger charge is 2.46. The highest BCUT2D eigenvalue weighted by Crippen LogP contribution is 2.36. The summed E-state index contributed by atoms with van der Waals surface area (Å²) >= 11 is 0. The number of Topliss-reactive ketones (excluding diaryl/α,β-unsaturated/α-hetero) is 2. The number of hydrogen-bond donors (Lipinski definition) is 4. The van der Waals surface area contributed by atoms with E-state index in [1.807, 2.05) is 0 Å². The average molecular weight is 355 g/mol. The second-order valence-electron chi connectivity index (χ2n) is 7.15. The molecule has 2 rings (SSSR count). The molecule has 9 heteroatoms. The average Bonchev–Trinajstić information content (AvgIpc) is 2.53. The number of azide groups is 1. The Kier molecular flexibility index (Phi) is 6.18. The number of nitrogens with zero attached hydrogens (tertiary/aromatic N) is 3. The van der Waals surface area contributed by atoms with Gasteiger partial charge in [0.15, 0.2) is 17.4 Å². The van der Waals surface area contributed by atoms with Gasteiger partial charge < -0.3 is 20.4 Å². The Morgan fingerprint density at radius 2 is 1.52 bits per heavy atom. The van der Waals surface area contributed by atoms with Crippen molar-refractivity contribution in [1.29, 1.82) is 0 Å². The van der Waals surface area contributed by atoms with Crippen molar-refractivity contribution in [2.24, 2.45) is 17.0 Å². The Labute approximate surface area is 145 Å². The van der Waals surface area contributed by atoms with Gasteiger partial charge in [-0.05, 0) is 31.2 Å². The molecular weight excluding hydrogens is 330 g/mol. The molecule has 9 nitrogen and oxygen atoms in total. The monoisotopic (exact) mass is 355 g/mol. The predicted molar refractivity (Wildman–Crippen MR) is 85.8 cm³/mol. The predicted octanol–water partition coefficient (Wildman–Crippen LogP) is 0.936. The quantitative estimate of drug-likeness (QED) is 0.239. The standard InChI is InChI=1S/C16H25N3O6/c17-19-18-12(14(21)11-6-2-4-8-16(11,24)25)9-13(20)10-5-1-3-7-15(10,22)23/h10-12,22-25H,1-9H2/t10-,11-,12+/m1/s1. The van der Waals surface area contributed by atoms with Crippen molar-refractivity contribution in [1.82, 2.24) is 0 Å². The number of ketones is 2. The first-order valence-electron chi connectivity index (χ1n) is 8.69. The molecule has 2 fully saturated rings. The van der Waals surface area contributed by atoms with Crippen LogP contribution in [-0.4, -0.2) is 49.6 Å². The Balaban J connectivity index is 2.13. The third-order valence-electron chi connectivity index (χ3n) is 5.34. The molecule has 25 heavy (non-hydrogen) atoms. The molecule has 140 valence electrons. The summed E-state index contributed by atoms with van der Waals surface area (Å²) in [4.78, 5) is 27.7. The van der Waals surface area contributed by atoms with E-state index in [-0.39, 0.29) is 25.7 Å². The maximum Gasteiger partial charge on any atom is 0.172 e. The van der Waals surface area contributed by atoms with Crippen LogP contribution >= 0.6 is 0 Å². The second kappa shape index (κ2) is 7.80. The van der Waals surface area contributed by atoms with E-state index in [1.165, 1.54) is 0 Å². The van der Waals surface area contributed by atoms with Gasteiger partial charge in [-0.1, -0.05) is 18.0 Å². The van der Waals surface area contributed by atoms with Crippen LogP contribution in [0.15, 0.2) is 5.11 Å². The lowest BCUT2D eigenvalue weighted by Crippen LogP contribution is -2.49. The van der Waals surface area contributed by atoms with Crippen molar-refractivity contribution in [3.63, 3.8) is 0 Å². The van der Waals surface area contributed by atoms with Crippen LogP contribution in [0.1, 0.15) is 57.8 Å². The van der Waals surface area contributed by atoms with E-state index < -0.39 is 47.4 Å². The van der Waals surface area contributed by atoms with E-state index in [1.54, 1.807) is 0 Å². The van der Waals surface area contributed by atoms with Crippen molar-refractivity contribution < 1.29 is 30.0 Å². The van der Waals surface area contributed by atoms with Crippen molar-refractivity contribution in [3.05, 3.63) is 10.4 Å². The summed E-state index contributed by atoms with van der Waals surface area (Å²) in [6, 6.07) is -1.38. The number of aliphatic hydroxyl groups is 4. The molecule has 2 saturated carbocycles. The third kappa shape index (κ3) is 4.56. The van der Waals surface area contributed by atoms with Gasteiger partial charge in [0.05, 0.1) is 11.8 Å². The summed E-state index contributed by atoms with van der Waals surface area (Å²) in [6.45, 7) is 0. The summed E-state index contributed by atoms with van der Waals surface area (Å²) in [7, 11) is 0. The molecule has 0 amide bonds. The molecular formula is C16H25N3O6. The number of hydrogen-bond acceptors (Lipinski definition) is 7. The second-order valence-corrected chi connectivity index (χ2v) is 7.15. The SMILES string of the molecule is [N-]=[N+]=N[C@@H](CC(=O)[C@H]1CCCCC1(O)O)C(=O)[C@H]1CCCCC1(O)O. The maximum absolute atomic E-state index is 12.6. The van der Waals surface area contributed by atoms with Gasteiger partial charge in [-0.15, -0.1) is 0 Å². The highest BCUT2D eigenvalue weighted by atomic mass is 16.5. The largest absolute Gasteiger partial charge is 0.365 e. The first-order chi connectivity index (χ1) is 11.7. The van der Waals surface area contributed by atoms with Crippen LogP contribution in [0, 0.1) is 11.8 Å². The van der Waals surface area contributed by atoms with Gasteiger partial charge in [0.2, 0.25) is 0 Å². The van der Waals surface area contributed by atoms with E-state index in [2.05, 4.69) is 10.0 Å². The molecule has 0 saturated heterocycles. The van der Waals surface area contributed by atoms with Gasteiger partial charge in [-0.3, -0.25) is 9.59 Å². The van der Waals surface area contributed by atoms with E-state index in [0.29, 0.717) is 25.7 Å². The van der Waals surface area contributed by atoms with E-state index >= 15 is 0 Å². The molecule has 2 aliphatic carbocycles. The minimum absolute atomic E-state index is 0.0410. The van der Waals surface area contributed by atoms with Crippen LogP contribution < -0.4 is 0 Å². The lowest BCUT2D eigenvalue weighted by atomic mass is 9.76. The van der Waals surface area contributed by atoms with Crippen molar-refractivity contribution >= 4 is 11.6 Å². The zero-order valence-corrected chi connectivity index (χ0v) is 14.0. The Morgan fingerprint density at radius 1 is 1.00 bits per heavy atom. The van der Waals surface area contributed by atoms with Crippen LogP contribution in [0.5, 0.6) is 0 Å². The lowest BCUT2D eigenvalue weighted by molar-refractivity contribution is -0.218. The van der Waals surface area contributed by atoms with Crippen LogP contribution in [0.3, 0.4) is 0 Å². The fourth-order valence-corrected chi connectivity index (χ4v) is 3.89. The third-order valence-corrected chi connectivity index (χ3v) is 5.34. The molecule has 0 unspecified atom stereocenters. The summed E-state index contributed by atoms with van der Waals surface area (Å²) in [6.07, 6.45) is 2.64. The molecule has 3 atom stereocenters. The zero-order valence-electron chi connectivity index (χ0n) is 14.0. The summed E-state index contributed by atoms with van der Waals surface area (Å²) in [5.74, 6) is -7.71. The Morgan fingerprint density at radius 3 is 2.00 bits per heavy atom. The maximum atomic E-state index is 12.6. The first-order valence-corrected chi connectivity index (χ1v) is 8.69. The fourth-order valence-electron chi connectivity index (χ4n) is 3.89. The molecule has 0 aromatic rings. The number of carbonyl (C=O) groups is 2. The van der Waals surface area contributed by atoms with Crippen molar-refractivity contribution in [2.45, 2.75) is 75.4 Å². The van der Waals surface area contributed by atoms with Gasteiger partial charge in [-0.25, -0.2) is 0 Å². The smallest absolute Gasteiger partial charge is 0.172 e. The number of carbonyl (C=O) groups excluding carboxylic acids is 2. The van der Waals surface area contributed by atoms with E-state index in [9.17, 15) is 30.0 Å². The van der Waals surface area contributed by atoms with E-state index in [4.69, 9.17) is 5.53 Å². The van der Waals surface area contributed by atoms with Crippen molar-refractivity contribution in [2.75, 3.05) is 0 Å². The van der Waals surface area contributed by atoms with Crippen molar-refractivity contribution in [3.8, 4) is 0 Å². The summed E-state index contributed by atoms with van der Waals surface area (Å²) < 4.78 is 0. The molecule has 0 aliphatic heterocycles. The van der Waals surface area contributed by atoms with Gasteiger partial charge in [0.1, 0.15) is 11.8 Å². The molecule has 0 aromatic heterocycles. The molecule has 0 aromatic carbocycles. The first kappa shape index (κ1) is 19.8. The van der Waals surface area contributed by atoms with Gasteiger partial charge in [-0.2, -0.15) is 0 Å². The van der Waals surface area contributed by atoms with Gasteiger partial charge in [0.25, 0.3) is 0 Å². The summed E-state index contributed by atoms with van der Waals surface area (Å²) in [5, 5.41) is 43.4. The fraction of sp³-hybridized carbons (Fsp3) is 0.875. The normalized spacial score (nSPS) is 29.3. The van der Waals surface area contributed by atoms with E-state index in [0.717, 1.165) is 0 Å². The van der Waals surface area contributed by atoms with Gasteiger partial charge >= 0.3 is 0 Å². The highest BCUT2D eigenvalue weighted by molar-refractivity contribution is 5.93. The molecule has 0 bridgehead atoms. The van der Waals surface area contributed by atoms with Crippen LogP contribution in [0.4, 0.5) is 0 Å². The summed E-state index contributed by atoms with van der Waals surface area (Å²) in [5.41, 5.74) is 8.71. The molecule has 0 spiro atoms. The minimum atomic E-state index is -2.18. The topological polar surface area (TPSA) is 164 Å². The molecule has 0 radical (unpaired) electrons. The van der Waals surface area contributed by atoms with Gasteiger partial charge in [0, 0.05) is 24.2 Å². The molecule has 0 heterocycles. The minimum Gasteiger partial charge on any atom is -0.365 e. The van der Waals surface area contributed by atoms with Crippen LogP contribution in [0.2, 0.25) is 0 Å². The Bertz CT molecular complexity index is 570. The van der Waals surface area contributed by atoms with Crippen LogP contribution in [0.25, 0.3) is 10.4 Å². The lowest BCUT2D eigenvalue weighted by Gasteiger charge is -2.36. The Hall–Kier alpha value is -1.51. The molecule has 4 N–H and O–H groups in total.